The number of hydrogen-bond donors (Lipinski definition) is 4. The summed E-state index contributed by atoms with van der Waals surface area (Å²) in [5.41, 5.74) is 12.2. The largest absolute Gasteiger partial charge is 0.508 e. The Morgan fingerprint density at radius 1 is 0.842 bits per heavy atom. The molecule has 0 atom stereocenters. The van der Waals surface area contributed by atoms with Gasteiger partial charge in [0.2, 0.25) is 0 Å². The van der Waals surface area contributed by atoms with Crippen molar-refractivity contribution in [3.63, 3.8) is 0 Å². The predicted molar refractivity (Wildman–Crippen MR) is 151 cm³/mol. The monoisotopic (exact) mass is 522 g/mol. The van der Waals surface area contributed by atoms with Gasteiger partial charge in [-0.1, -0.05) is 0 Å². The van der Waals surface area contributed by atoms with E-state index in [9.17, 15) is 9.90 Å². The molecular weight excluding hydrogens is 484 g/mol. The van der Waals surface area contributed by atoms with Crippen molar-refractivity contribution in [2.75, 3.05) is 12.3 Å². The molecule has 2 aromatic heterocycles. The zero-order valence-electron chi connectivity index (χ0n) is 23.0. The number of nitrogens with zero attached hydrogens (tertiary/aromatic N) is 5. The second-order valence-electron chi connectivity index (χ2n) is 8.50. The summed E-state index contributed by atoms with van der Waals surface area (Å²) in [6.45, 7) is 9.45. The van der Waals surface area contributed by atoms with Gasteiger partial charge in [0, 0.05) is 38.7 Å². The molecule has 0 fully saturated rings. The Labute approximate surface area is 223 Å². The predicted octanol–water partition coefficient (Wildman–Crippen LogP) is 4.32. The van der Waals surface area contributed by atoms with Crippen LogP contribution in [-0.2, 0) is 14.1 Å². The zero-order valence-corrected chi connectivity index (χ0v) is 23.0. The Morgan fingerprint density at radius 3 is 1.58 bits per heavy atom. The highest BCUT2D eigenvalue weighted by molar-refractivity contribution is 5.86. The first-order valence-electron chi connectivity index (χ1n) is 11.8. The highest BCUT2D eigenvalue weighted by Crippen LogP contribution is 2.20. The van der Waals surface area contributed by atoms with E-state index in [-0.39, 0.29) is 12.4 Å². The molecule has 0 spiro atoms. The molecule has 38 heavy (non-hydrogen) atoms. The van der Waals surface area contributed by atoms with Crippen LogP contribution in [0.1, 0.15) is 45.1 Å². The highest BCUT2D eigenvalue weighted by atomic mass is 16.3. The third-order valence-corrected chi connectivity index (χ3v) is 5.03. The molecule has 0 saturated heterocycles. The quantitative estimate of drug-likeness (QED) is 0.231. The van der Waals surface area contributed by atoms with Crippen molar-refractivity contribution in [2.45, 2.75) is 34.6 Å². The number of aliphatic hydroxyl groups is 1. The third-order valence-electron chi connectivity index (χ3n) is 5.03. The van der Waals surface area contributed by atoms with Gasteiger partial charge < -0.3 is 21.1 Å². The van der Waals surface area contributed by atoms with Gasteiger partial charge in [-0.3, -0.25) is 19.2 Å². The number of aldehydes is 1. The first-order valence-corrected chi connectivity index (χ1v) is 11.8. The first-order chi connectivity index (χ1) is 17.9. The molecule has 2 aromatic carbocycles. The average molecular weight is 523 g/mol. The summed E-state index contributed by atoms with van der Waals surface area (Å²) in [7, 11) is 3.69. The lowest BCUT2D eigenvalue weighted by atomic mass is 10.0. The molecule has 10 heteroatoms. The molecule has 0 aliphatic carbocycles. The minimum absolute atomic E-state index is 0.214. The molecule has 0 amide bonds. The van der Waals surface area contributed by atoms with Gasteiger partial charge in [0.25, 0.3) is 0 Å². The molecule has 0 radical (unpaired) electrons. The lowest BCUT2D eigenvalue weighted by Crippen LogP contribution is -1.91. The van der Waals surface area contributed by atoms with Gasteiger partial charge in [0.1, 0.15) is 17.2 Å². The summed E-state index contributed by atoms with van der Waals surface area (Å²) in [5.74, 6) is 0.504. The van der Waals surface area contributed by atoms with Gasteiger partial charge in [0.05, 0.1) is 24.3 Å². The van der Waals surface area contributed by atoms with E-state index >= 15 is 0 Å². The standard InChI is InChI=1S/C13H15N3O.C9H10O2.C4H7N3.C2H6O/c1-9-4-12(17)5-10(2)13(9)7-14-11-6-15-16(3)8-11;1-6-3-8(11)4-7(2)9(6)5-10;1-7-3-4(5)2-6-7;1-2-3/h4-8,17H,1-3H3;3-5,11H,1-2H3;2-3H,5H2,1H3;3H,2H2,1H3. The Hall–Kier alpha value is -4.44. The number of anilines is 1. The van der Waals surface area contributed by atoms with Crippen molar-refractivity contribution < 1.29 is 20.1 Å². The number of hydrogen-bond acceptors (Lipinski definition) is 8. The van der Waals surface area contributed by atoms with Crippen LogP contribution in [-0.4, -0.2) is 54.0 Å². The van der Waals surface area contributed by atoms with Crippen molar-refractivity contribution >= 4 is 23.9 Å². The Balaban J connectivity index is 0.000000294. The topological polar surface area (TPSA) is 152 Å². The molecule has 0 aliphatic rings. The summed E-state index contributed by atoms with van der Waals surface area (Å²) < 4.78 is 3.37. The van der Waals surface area contributed by atoms with E-state index in [1.54, 1.807) is 79.2 Å². The normalized spacial score (nSPS) is 10.0. The van der Waals surface area contributed by atoms with Crippen LogP contribution in [0.25, 0.3) is 0 Å². The number of carbonyl (C=O) groups excluding carboxylic acids is 1. The van der Waals surface area contributed by atoms with Crippen molar-refractivity contribution in [3.05, 3.63) is 82.4 Å². The van der Waals surface area contributed by atoms with Gasteiger partial charge in [0.15, 0.2) is 6.29 Å². The second kappa shape index (κ2) is 15.6. The van der Waals surface area contributed by atoms with Crippen molar-refractivity contribution in [2.24, 2.45) is 19.1 Å². The van der Waals surface area contributed by atoms with E-state index in [1.807, 2.05) is 34.1 Å². The average Bonchev–Trinajstić information content (AvgIpc) is 3.40. The summed E-state index contributed by atoms with van der Waals surface area (Å²) in [6.07, 6.45) is 9.54. The van der Waals surface area contributed by atoms with Crippen LogP contribution in [0.5, 0.6) is 11.5 Å². The van der Waals surface area contributed by atoms with E-state index in [1.165, 1.54) is 0 Å². The Morgan fingerprint density at radius 2 is 1.26 bits per heavy atom. The van der Waals surface area contributed by atoms with E-state index in [2.05, 4.69) is 15.2 Å². The number of aliphatic hydroxyl groups excluding tert-OH is 1. The van der Waals surface area contributed by atoms with Crippen molar-refractivity contribution in [1.29, 1.82) is 0 Å². The molecule has 2 heterocycles. The molecule has 204 valence electrons. The number of nitrogen functional groups attached to an aromatic ring is 1. The molecule has 0 aliphatic heterocycles. The minimum atomic E-state index is 0.214. The highest BCUT2D eigenvalue weighted by Gasteiger charge is 2.03. The van der Waals surface area contributed by atoms with Crippen molar-refractivity contribution in [1.82, 2.24) is 19.6 Å². The SMILES string of the molecule is CCO.Cc1cc(O)cc(C)c1C=Nc1cnn(C)c1.Cc1cc(O)cc(C)c1C=O.Cn1cc(N)cn1. The number of aromatic hydroxyl groups is 2. The minimum Gasteiger partial charge on any atom is -0.508 e. The number of benzene rings is 2. The van der Waals surface area contributed by atoms with E-state index in [0.717, 1.165) is 39.8 Å². The maximum Gasteiger partial charge on any atom is 0.150 e. The number of carbonyl (C=O) groups is 1. The van der Waals surface area contributed by atoms with Gasteiger partial charge in [-0.2, -0.15) is 10.2 Å². The maximum atomic E-state index is 10.5. The summed E-state index contributed by atoms with van der Waals surface area (Å²) in [4.78, 5) is 14.8. The molecule has 0 bridgehead atoms. The molecule has 4 aromatic rings. The van der Waals surface area contributed by atoms with Gasteiger partial charge in [-0.05, 0) is 86.7 Å². The number of rotatable bonds is 3. The second-order valence-corrected chi connectivity index (χ2v) is 8.50. The summed E-state index contributed by atoms with van der Waals surface area (Å²) in [6, 6.07) is 6.63. The van der Waals surface area contributed by atoms with Gasteiger partial charge >= 0.3 is 0 Å². The summed E-state index contributed by atoms with van der Waals surface area (Å²) in [5, 5.41) is 34.0. The van der Waals surface area contributed by atoms with Crippen LogP contribution in [0.2, 0.25) is 0 Å². The fourth-order valence-corrected chi connectivity index (χ4v) is 3.35. The molecule has 10 nitrogen and oxygen atoms in total. The number of aromatic nitrogens is 4. The van der Waals surface area contributed by atoms with Crippen LogP contribution in [0.15, 0.2) is 54.0 Å². The van der Waals surface area contributed by atoms with Crippen LogP contribution >= 0.6 is 0 Å². The molecule has 5 N–H and O–H groups in total. The smallest absolute Gasteiger partial charge is 0.150 e. The Kier molecular flexibility index (Phi) is 13.0. The molecular formula is C28H38N6O4. The molecule has 4 rings (SSSR count). The van der Waals surface area contributed by atoms with E-state index in [0.29, 0.717) is 17.0 Å². The van der Waals surface area contributed by atoms with Gasteiger partial charge in [-0.25, -0.2) is 0 Å². The number of aryl methyl sites for hydroxylation is 6. The lowest BCUT2D eigenvalue weighted by Gasteiger charge is -2.05. The number of aliphatic imine (C=N–C) groups is 1. The Bertz CT molecular complexity index is 1280. The first kappa shape index (κ1) is 31.6. The van der Waals surface area contributed by atoms with Crippen LogP contribution < -0.4 is 5.73 Å². The molecule has 0 unspecified atom stereocenters. The number of phenols is 2. The lowest BCUT2D eigenvalue weighted by molar-refractivity contribution is 0.112. The van der Waals surface area contributed by atoms with Gasteiger partial charge in [-0.15, -0.1) is 0 Å². The van der Waals surface area contributed by atoms with Crippen LogP contribution in [0, 0.1) is 27.7 Å². The van der Waals surface area contributed by atoms with Crippen LogP contribution in [0.4, 0.5) is 11.4 Å². The zero-order chi connectivity index (χ0) is 28.8. The number of phenolic OH excluding ortho intramolecular Hbond substituents is 2. The number of nitrogens with two attached hydrogens (primary N) is 1. The summed E-state index contributed by atoms with van der Waals surface area (Å²) >= 11 is 0. The van der Waals surface area contributed by atoms with E-state index in [4.69, 9.17) is 15.9 Å². The van der Waals surface area contributed by atoms with Crippen molar-refractivity contribution in [3.8, 4) is 11.5 Å². The van der Waals surface area contributed by atoms with E-state index < -0.39 is 0 Å². The van der Waals surface area contributed by atoms with Crippen LogP contribution in [0.3, 0.4) is 0 Å². The maximum absolute atomic E-state index is 10.5. The third kappa shape index (κ3) is 10.7. The fourth-order valence-electron chi connectivity index (χ4n) is 3.35. The molecule has 0 saturated carbocycles. The fraction of sp³-hybridized carbons (Fsp3) is 0.286.